The van der Waals surface area contributed by atoms with Crippen LogP contribution < -0.4 is 5.73 Å². The third-order valence-corrected chi connectivity index (χ3v) is 1.89. The monoisotopic (exact) mass is 207 g/mol. The summed E-state index contributed by atoms with van der Waals surface area (Å²) in [5, 5.41) is 0. The number of rotatable bonds is 3. The Kier molecular flexibility index (Phi) is 3.44. The molecule has 0 aromatic carbocycles. The number of nitrogens with two attached hydrogens (primary N) is 1. The van der Waals surface area contributed by atoms with E-state index in [9.17, 15) is 0 Å². The number of hydrogen-bond donors (Lipinski definition) is 1. The van der Waals surface area contributed by atoms with Gasteiger partial charge in [0.25, 0.3) is 0 Å². The van der Waals surface area contributed by atoms with Crippen LogP contribution in [0.3, 0.4) is 0 Å². The molecule has 0 aromatic heterocycles. The average molecular weight is 208 g/mol. The third kappa shape index (κ3) is 3.05. The van der Waals surface area contributed by atoms with E-state index in [2.05, 4.69) is 0 Å². The molecule has 0 amide bonds. The maximum Gasteiger partial charge on any atom is 0.157 e. The summed E-state index contributed by atoms with van der Waals surface area (Å²) in [6.45, 7) is 1.00. The molecule has 1 rings (SSSR count). The van der Waals surface area contributed by atoms with Crippen molar-refractivity contribution >= 4 is 23.2 Å². The van der Waals surface area contributed by atoms with Gasteiger partial charge in [-0.1, -0.05) is 29.3 Å². The largest absolute Gasteiger partial charge is 0.497 e. The summed E-state index contributed by atoms with van der Waals surface area (Å²) in [6, 6.07) is 0. The van der Waals surface area contributed by atoms with Crippen LogP contribution >= 0.6 is 23.2 Å². The molecule has 0 saturated carbocycles. The van der Waals surface area contributed by atoms with E-state index in [0.29, 0.717) is 13.2 Å². The van der Waals surface area contributed by atoms with Crippen molar-refractivity contribution in [2.45, 2.75) is 10.8 Å². The van der Waals surface area contributed by atoms with Crippen molar-refractivity contribution in [3.63, 3.8) is 0 Å². The Morgan fingerprint density at radius 2 is 2.33 bits per heavy atom. The normalized spacial score (nSPS) is 20.4. The van der Waals surface area contributed by atoms with E-state index in [1.165, 1.54) is 0 Å². The maximum atomic E-state index is 5.84. The predicted molar refractivity (Wildman–Crippen MR) is 51.3 cm³/mol. The standard InChI is InChI=1S/C8H11Cl2NO/c9-8(10)3-1-2-7(6-8)12-5-4-11/h1,3,6H,2,4-5,11H2. The Morgan fingerprint density at radius 3 is 2.92 bits per heavy atom. The molecule has 0 heterocycles. The van der Waals surface area contributed by atoms with E-state index >= 15 is 0 Å². The molecule has 0 aromatic rings. The minimum atomic E-state index is -0.915. The fourth-order valence-corrected chi connectivity index (χ4v) is 1.37. The van der Waals surface area contributed by atoms with Crippen LogP contribution in [0.5, 0.6) is 0 Å². The molecule has 0 atom stereocenters. The lowest BCUT2D eigenvalue weighted by molar-refractivity contribution is 0.214. The SMILES string of the molecule is NCCOC1=CC(Cl)(Cl)C=CC1. The highest BCUT2D eigenvalue weighted by Crippen LogP contribution is 2.30. The predicted octanol–water partition coefficient (Wildman–Crippen LogP) is 1.98. The van der Waals surface area contributed by atoms with Gasteiger partial charge in [-0.05, 0) is 12.2 Å². The number of hydrogen-bond acceptors (Lipinski definition) is 2. The van der Waals surface area contributed by atoms with Crippen LogP contribution in [-0.2, 0) is 4.74 Å². The topological polar surface area (TPSA) is 35.2 Å². The van der Waals surface area contributed by atoms with Crippen LogP contribution in [0, 0.1) is 0 Å². The van der Waals surface area contributed by atoms with Gasteiger partial charge >= 0.3 is 0 Å². The van der Waals surface area contributed by atoms with Crippen LogP contribution in [0.1, 0.15) is 6.42 Å². The average Bonchev–Trinajstić information content (AvgIpc) is 1.99. The van der Waals surface area contributed by atoms with E-state index in [1.54, 1.807) is 12.2 Å². The van der Waals surface area contributed by atoms with E-state index in [4.69, 9.17) is 33.7 Å². The zero-order chi connectivity index (χ0) is 9.03. The Bertz CT molecular complexity index is 211. The molecular weight excluding hydrogens is 197 g/mol. The molecule has 0 unspecified atom stereocenters. The Labute approximate surface area is 82.0 Å². The molecule has 0 bridgehead atoms. The highest BCUT2D eigenvalue weighted by atomic mass is 35.5. The lowest BCUT2D eigenvalue weighted by atomic mass is 10.2. The first kappa shape index (κ1) is 9.90. The fourth-order valence-electron chi connectivity index (χ4n) is 0.944. The zero-order valence-electron chi connectivity index (χ0n) is 6.59. The second-order valence-electron chi connectivity index (χ2n) is 2.53. The van der Waals surface area contributed by atoms with Crippen molar-refractivity contribution in [1.29, 1.82) is 0 Å². The Hall–Kier alpha value is -0.180. The highest BCUT2D eigenvalue weighted by Gasteiger charge is 2.21. The van der Waals surface area contributed by atoms with Gasteiger partial charge in [-0.25, -0.2) is 0 Å². The zero-order valence-corrected chi connectivity index (χ0v) is 8.11. The summed E-state index contributed by atoms with van der Waals surface area (Å²) in [5.41, 5.74) is 5.28. The molecule has 0 aliphatic heterocycles. The second kappa shape index (κ2) is 4.17. The second-order valence-corrected chi connectivity index (χ2v) is 3.97. The fraction of sp³-hybridized carbons (Fsp3) is 0.500. The first-order valence-electron chi connectivity index (χ1n) is 3.74. The van der Waals surface area contributed by atoms with Crippen LogP contribution in [0.25, 0.3) is 0 Å². The van der Waals surface area contributed by atoms with Crippen molar-refractivity contribution in [1.82, 2.24) is 0 Å². The quantitative estimate of drug-likeness (QED) is 0.568. The summed E-state index contributed by atoms with van der Waals surface area (Å²) >= 11 is 11.7. The summed E-state index contributed by atoms with van der Waals surface area (Å²) in [4.78, 5) is 0. The van der Waals surface area contributed by atoms with Crippen LogP contribution in [0.15, 0.2) is 24.0 Å². The molecule has 68 valence electrons. The van der Waals surface area contributed by atoms with Crippen molar-refractivity contribution in [2.75, 3.05) is 13.2 Å². The van der Waals surface area contributed by atoms with E-state index in [-0.39, 0.29) is 0 Å². The molecule has 4 heteroatoms. The van der Waals surface area contributed by atoms with Gasteiger partial charge in [0, 0.05) is 13.0 Å². The summed E-state index contributed by atoms with van der Waals surface area (Å²) in [7, 11) is 0. The minimum Gasteiger partial charge on any atom is -0.497 e. The number of alkyl halides is 2. The number of allylic oxidation sites excluding steroid dienone is 3. The van der Waals surface area contributed by atoms with Crippen molar-refractivity contribution < 1.29 is 4.74 Å². The van der Waals surface area contributed by atoms with Crippen LogP contribution in [0.2, 0.25) is 0 Å². The molecular formula is C8H11Cl2NO. The Balaban J connectivity index is 2.50. The lowest BCUT2D eigenvalue weighted by Crippen LogP contribution is -2.13. The van der Waals surface area contributed by atoms with Crippen molar-refractivity contribution in [2.24, 2.45) is 5.73 Å². The maximum absolute atomic E-state index is 5.84. The molecule has 12 heavy (non-hydrogen) atoms. The van der Waals surface area contributed by atoms with Gasteiger partial charge in [0.15, 0.2) is 4.33 Å². The number of ether oxygens (including phenoxy) is 1. The van der Waals surface area contributed by atoms with Gasteiger partial charge in [0.2, 0.25) is 0 Å². The van der Waals surface area contributed by atoms with Crippen LogP contribution in [0.4, 0.5) is 0 Å². The Morgan fingerprint density at radius 1 is 1.58 bits per heavy atom. The first-order chi connectivity index (χ1) is 5.64. The highest BCUT2D eigenvalue weighted by molar-refractivity contribution is 6.51. The molecule has 2 N–H and O–H groups in total. The van der Waals surface area contributed by atoms with E-state index in [1.807, 2.05) is 6.08 Å². The van der Waals surface area contributed by atoms with Crippen molar-refractivity contribution in [3.05, 3.63) is 24.0 Å². The lowest BCUT2D eigenvalue weighted by Gasteiger charge is -2.17. The van der Waals surface area contributed by atoms with Gasteiger partial charge in [0.05, 0.1) is 12.4 Å². The van der Waals surface area contributed by atoms with E-state index < -0.39 is 4.33 Å². The summed E-state index contributed by atoms with van der Waals surface area (Å²) in [6.07, 6.45) is 6.03. The smallest absolute Gasteiger partial charge is 0.157 e. The first-order valence-corrected chi connectivity index (χ1v) is 4.50. The van der Waals surface area contributed by atoms with Gasteiger partial charge in [0.1, 0.15) is 0 Å². The van der Waals surface area contributed by atoms with Gasteiger partial charge in [-0.15, -0.1) is 0 Å². The van der Waals surface area contributed by atoms with Crippen molar-refractivity contribution in [3.8, 4) is 0 Å². The van der Waals surface area contributed by atoms with Gasteiger partial charge in [-0.3, -0.25) is 0 Å². The summed E-state index contributed by atoms with van der Waals surface area (Å²) < 4.78 is 4.37. The molecule has 1 aliphatic rings. The minimum absolute atomic E-state index is 0.499. The van der Waals surface area contributed by atoms with Gasteiger partial charge in [-0.2, -0.15) is 0 Å². The molecule has 0 spiro atoms. The summed E-state index contributed by atoms with van der Waals surface area (Å²) in [5.74, 6) is 0.785. The number of halogens is 2. The molecule has 0 radical (unpaired) electrons. The third-order valence-electron chi connectivity index (χ3n) is 1.42. The van der Waals surface area contributed by atoms with Gasteiger partial charge < -0.3 is 10.5 Å². The van der Waals surface area contributed by atoms with E-state index in [0.717, 1.165) is 12.2 Å². The molecule has 0 saturated heterocycles. The van der Waals surface area contributed by atoms with Crippen LogP contribution in [-0.4, -0.2) is 17.5 Å². The molecule has 2 nitrogen and oxygen atoms in total. The molecule has 0 fully saturated rings. The molecule has 1 aliphatic carbocycles.